The number of nitro groups is 1. The highest BCUT2D eigenvalue weighted by Crippen LogP contribution is 2.25. The van der Waals surface area contributed by atoms with Crippen molar-refractivity contribution in [1.29, 1.82) is 0 Å². The number of fused-ring (bicyclic) bond motifs is 1. The topological polar surface area (TPSA) is 121 Å². The lowest BCUT2D eigenvalue weighted by molar-refractivity contribution is -0.384. The lowest BCUT2D eigenvalue weighted by Crippen LogP contribution is -2.18. The number of aromatic nitrogens is 1. The molecule has 0 saturated heterocycles. The third kappa shape index (κ3) is 3.20. The van der Waals surface area contributed by atoms with Crippen LogP contribution in [0.15, 0.2) is 45.6 Å². The van der Waals surface area contributed by atoms with Crippen LogP contribution < -0.4 is 16.0 Å². The molecule has 1 aromatic heterocycles. The molecule has 3 rings (SSSR count). The zero-order chi connectivity index (χ0) is 18.1. The van der Waals surface area contributed by atoms with Crippen LogP contribution in [0.4, 0.5) is 17.1 Å². The van der Waals surface area contributed by atoms with Gasteiger partial charge in [0.1, 0.15) is 0 Å². The van der Waals surface area contributed by atoms with Gasteiger partial charge in [0.05, 0.1) is 16.0 Å². The molecule has 0 aliphatic rings. The number of carbonyl (C=O) groups excluding carboxylic acids is 1. The minimum Gasteiger partial charge on any atom is -0.408 e. The lowest BCUT2D eigenvalue weighted by atomic mass is 10.1. The molecular formula is C16H14N4O5. The van der Waals surface area contributed by atoms with E-state index in [1.54, 1.807) is 37.2 Å². The Morgan fingerprint density at radius 3 is 2.68 bits per heavy atom. The van der Waals surface area contributed by atoms with E-state index in [1.165, 1.54) is 18.2 Å². The molecule has 2 aromatic carbocycles. The first-order chi connectivity index (χ1) is 11.8. The number of hydrogen-bond donors (Lipinski definition) is 2. The summed E-state index contributed by atoms with van der Waals surface area (Å²) in [5.74, 6) is -1.09. The number of aromatic amines is 1. The van der Waals surface area contributed by atoms with Crippen molar-refractivity contribution in [2.24, 2.45) is 0 Å². The summed E-state index contributed by atoms with van der Waals surface area (Å²) in [5.41, 5.74) is 1.76. The molecule has 0 atom stereocenters. The summed E-state index contributed by atoms with van der Waals surface area (Å²) in [6.45, 7) is 0. The minimum absolute atomic E-state index is 0.167. The Hall–Kier alpha value is -3.62. The number of amides is 1. The summed E-state index contributed by atoms with van der Waals surface area (Å²) >= 11 is 0. The maximum atomic E-state index is 12.6. The molecule has 0 bridgehead atoms. The SMILES string of the molecule is CN(C)c1ccc([N+](=O)[O-])cc1C(=O)Nc1ccc2oc(=O)[nH]c2c1. The van der Waals surface area contributed by atoms with Gasteiger partial charge >= 0.3 is 5.76 Å². The van der Waals surface area contributed by atoms with Crippen LogP contribution in [0.5, 0.6) is 0 Å². The Bertz CT molecular complexity index is 1030. The number of carbonyl (C=O) groups is 1. The second-order valence-corrected chi connectivity index (χ2v) is 5.53. The summed E-state index contributed by atoms with van der Waals surface area (Å²) in [6, 6.07) is 8.75. The summed E-state index contributed by atoms with van der Waals surface area (Å²) in [7, 11) is 3.47. The van der Waals surface area contributed by atoms with E-state index in [4.69, 9.17) is 4.42 Å². The summed E-state index contributed by atoms with van der Waals surface area (Å²) in [4.78, 5) is 38.4. The number of non-ortho nitro benzene ring substituents is 1. The van der Waals surface area contributed by atoms with Gasteiger partial charge in [0.15, 0.2) is 5.58 Å². The van der Waals surface area contributed by atoms with Gasteiger partial charge in [0.25, 0.3) is 11.6 Å². The van der Waals surface area contributed by atoms with E-state index in [0.29, 0.717) is 22.5 Å². The highest BCUT2D eigenvalue weighted by Gasteiger charge is 2.18. The fraction of sp³-hybridized carbons (Fsp3) is 0.125. The molecule has 0 fully saturated rings. The number of H-pyrrole nitrogens is 1. The quantitative estimate of drug-likeness (QED) is 0.554. The molecule has 0 spiro atoms. The van der Waals surface area contributed by atoms with E-state index in [2.05, 4.69) is 10.3 Å². The first-order valence-corrected chi connectivity index (χ1v) is 7.25. The van der Waals surface area contributed by atoms with Gasteiger partial charge in [-0.15, -0.1) is 0 Å². The van der Waals surface area contributed by atoms with Gasteiger partial charge in [0.2, 0.25) is 0 Å². The molecule has 0 unspecified atom stereocenters. The Kier molecular flexibility index (Phi) is 3.97. The van der Waals surface area contributed by atoms with Crippen molar-refractivity contribution >= 4 is 34.1 Å². The van der Waals surface area contributed by atoms with Crippen LogP contribution in [0.1, 0.15) is 10.4 Å². The van der Waals surface area contributed by atoms with E-state index in [0.717, 1.165) is 0 Å². The fourth-order valence-corrected chi connectivity index (χ4v) is 2.44. The van der Waals surface area contributed by atoms with Crippen molar-refractivity contribution < 1.29 is 14.1 Å². The van der Waals surface area contributed by atoms with Gasteiger partial charge in [-0.1, -0.05) is 0 Å². The third-order valence-corrected chi connectivity index (χ3v) is 3.59. The van der Waals surface area contributed by atoms with Crippen molar-refractivity contribution in [1.82, 2.24) is 4.98 Å². The van der Waals surface area contributed by atoms with Gasteiger partial charge < -0.3 is 14.6 Å². The Morgan fingerprint density at radius 2 is 2.00 bits per heavy atom. The van der Waals surface area contributed by atoms with E-state index < -0.39 is 16.6 Å². The molecule has 1 amide bonds. The average molecular weight is 342 g/mol. The zero-order valence-corrected chi connectivity index (χ0v) is 13.4. The monoisotopic (exact) mass is 342 g/mol. The smallest absolute Gasteiger partial charge is 0.408 e. The van der Waals surface area contributed by atoms with E-state index in [-0.39, 0.29) is 11.3 Å². The number of anilines is 2. The van der Waals surface area contributed by atoms with E-state index in [1.807, 2.05) is 0 Å². The second-order valence-electron chi connectivity index (χ2n) is 5.53. The van der Waals surface area contributed by atoms with Crippen molar-refractivity contribution in [2.45, 2.75) is 0 Å². The van der Waals surface area contributed by atoms with Crippen LogP contribution in [0.25, 0.3) is 11.1 Å². The van der Waals surface area contributed by atoms with Gasteiger partial charge in [0, 0.05) is 37.6 Å². The largest absolute Gasteiger partial charge is 0.417 e. The van der Waals surface area contributed by atoms with Crippen LogP contribution in [0, 0.1) is 10.1 Å². The highest BCUT2D eigenvalue weighted by molar-refractivity contribution is 6.09. The fourth-order valence-electron chi connectivity index (χ4n) is 2.44. The molecule has 9 nitrogen and oxygen atoms in total. The Labute approximate surface area is 141 Å². The van der Waals surface area contributed by atoms with Crippen LogP contribution in [0.3, 0.4) is 0 Å². The first-order valence-electron chi connectivity index (χ1n) is 7.25. The molecule has 1 heterocycles. The second kappa shape index (κ2) is 6.11. The van der Waals surface area contributed by atoms with Crippen molar-refractivity contribution in [2.75, 3.05) is 24.3 Å². The maximum Gasteiger partial charge on any atom is 0.417 e. The third-order valence-electron chi connectivity index (χ3n) is 3.59. The van der Waals surface area contributed by atoms with Crippen LogP contribution in [-0.4, -0.2) is 29.9 Å². The number of rotatable bonds is 4. The number of nitrogens with zero attached hydrogens (tertiary/aromatic N) is 2. The number of nitrogens with one attached hydrogen (secondary N) is 2. The van der Waals surface area contributed by atoms with Gasteiger partial charge in [-0.25, -0.2) is 4.79 Å². The minimum atomic E-state index is -0.591. The molecule has 0 saturated carbocycles. The van der Waals surface area contributed by atoms with Crippen LogP contribution in [-0.2, 0) is 0 Å². The molecule has 25 heavy (non-hydrogen) atoms. The van der Waals surface area contributed by atoms with Crippen molar-refractivity contribution in [3.63, 3.8) is 0 Å². The predicted molar refractivity (Wildman–Crippen MR) is 92.2 cm³/mol. The highest BCUT2D eigenvalue weighted by atomic mass is 16.6. The lowest BCUT2D eigenvalue weighted by Gasteiger charge is -2.17. The van der Waals surface area contributed by atoms with Crippen LogP contribution in [0.2, 0.25) is 0 Å². The van der Waals surface area contributed by atoms with Crippen molar-refractivity contribution in [3.05, 3.63) is 62.6 Å². The molecule has 9 heteroatoms. The molecule has 0 aliphatic carbocycles. The summed E-state index contributed by atoms with van der Waals surface area (Å²) < 4.78 is 4.90. The molecule has 128 valence electrons. The summed E-state index contributed by atoms with van der Waals surface area (Å²) in [6.07, 6.45) is 0. The van der Waals surface area contributed by atoms with Crippen LogP contribution >= 0.6 is 0 Å². The molecule has 3 aromatic rings. The van der Waals surface area contributed by atoms with Gasteiger partial charge in [-0.3, -0.25) is 19.9 Å². The number of hydrogen-bond acceptors (Lipinski definition) is 6. The molecule has 2 N–H and O–H groups in total. The number of nitro benzene ring substituents is 1. The van der Waals surface area contributed by atoms with E-state index >= 15 is 0 Å². The Balaban J connectivity index is 1.97. The Morgan fingerprint density at radius 1 is 1.24 bits per heavy atom. The van der Waals surface area contributed by atoms with Crippen molar-refractivity contribution in [3.8, 4) is 0 Å². The first kappa shape index (κ1) is 16.2. The maximum absolute atomic E-state index is 12.6. The number of oxazole rings is 1. The number of benzene rings is 2. The molecule has 0 radical (unpaired) electrons. The molecule has 0 aliphatic heterocycles. The normalized spacial score (nSPS) is 10.6. The summed E-state index contributed by atoms with van der Waals surface area (Å²) in [5, 5.41) is 13.6. The van der Waals surface area contributed by atoms with E-state index in [9.17, 15) is 19.7 Å². The van der Waals surface area contributed by atoms with Gasteiger partial charge in [-0.05, 0) is 24.3 Å². The van der Waals surface area contributed by atoms with Gasteiger partial charge in [-0.2, -0.15) is 0 Å². The molecular weight excluding hydrogens is 328 g/mol. The predicted octanol–water partition coefficient (Wildman–Crippen LogP) is 2.35. The zero-order valence-electron chi connectivity index (χ0n) is 13.4. The average Bonchev–Trinajstić information content (AvgIpc) is 2.93. The standard InChI is InChI=1S/C16H14N4O5/c1-19(2)13-5-4-10(20(23)24)8-11(13)15(21)17-9-3-6-14-12(7-9)18-16(22)25-14/h3-8H,1-2H3,(H,17,21)(H,18,22).